The van der Waals surface area contributed by atoms with Crippen LogP contribution in [-0.2, 0) is 28.2 Å². The van der Waals surface area contributed by atoms with Gasteiger partial charge >= 0.3 is 0 Å². The van der Waals surface area contributed by atoms with E-state index in [-0.39, 0.29) is 40.8 Å². The Hall–Kier alpha value is -12.5. The third kappa shape index (κ3) is 12.8. The minimum absolute atomic E-state index is 0. The molecule has 20 rings (SSSR count). The molecule has 0 spiro atoms. The molecule has 0 radical (unpaired) electrons. The Labute approximate surface area is 648 Å². The maximum atomic E-state index is 8.20. The van der Waals surface area contributed by atoms with Crippen molar-refractivity contribution in [1.82, 2.24) is 0 Å². The Bertz CT molecular complexity index is 7220. The van der Waals surface area contributed by atoms with E-state index in [9.17, 15) is 0 Å². The van der Waals surface area contributed by atoms with Crippen molar-refractivity contribution >= 4 is 131 Å². The average Bonchev–Trinajstić information content (AvgIpc) is 1.61. The molecule has 0 atom stereocenters. The van der Waals surface area contributed by atoms with E-state index in [1.165, 1.54) is 115 Å². The maximum Gasteiger partial charge on any atom is 0.256 e. The number of hydrogen-bond acceptors (Lipinski definition) is 4. The van der Waals surface area contributed by atoms with Crippen LogP contribution < -0.4 is 18.3 Å². The van der Waals surface area contributed by atoms with Gasteiger partial charge < -0.3 is 17.7 Å². The fraction of sp³-hybridized carbons (Fsp3) is 0.168. The van der Waals surface area contributed by atoms with Gasteiger partial charge in [0.1, 0.15) is 50.5 Å². The van der Waals surface area contributed by atoms with Crippen LogP contribution in [-0.4, -0.2) is 0 Å². The van der Waals surface area contributed by atoms with Crippen LogP contribution >= 0.6 is 0 Å². The summed E-state index contributed by atoms with van der Waals surface area (Å²) in [6.45, 7) is 10.2. The van der Waals surface area contributed by atoms with Crippen molar-refractivity contribution in [2.45, 2.75) is 91.9 Å². The van der Waals surface area contributed by atoms with Gasteiger partial charge in [-0.2, -0.15) is 18.3 Å². The predicted molar refractivity (Wildman–Crippen MR) is 461 cm³/mol. The van der Waals surface area contributed by atoms with Crippen LogP contribution in [0.3, 0.4) is 0 Å². The number of rotatable bonds is 4. The van der Waals surface area contributed by atoms with Crippen molar-refractivity contribution in [2.24, 2.45) is 28.2 Å². The highest BCUT2D eigenvalue weighted by atomic mass is 16.3. The van der Waals surface area contributed by atoms with Crippen LogP contribution in [0, 0.1) is 62.2 Å². The van der Waals surface area contributed by atoms with Crippen molar-refractivity contribution in [1.29, 1.82) is 0 Å². The molecule has 0 amide bonds. The average molecular weight is 1440 g/mol. The molecule has 20 aromatic rings. The summed E-state index contributed by atoms with van der Waals surface area (Å²) in [5, 5.41) is 17.9. The number of benzene rings is 12. The quantitative estimate of drug-likeness (QED) is 0.165. The highest BCUT2D eigenvalue weighted by Crippen LogP contribution is 2.44. The van der Waals surface area contributed by atoms with Crippen LogP contribution in [0.2, 0.25) is 0 Å². The highest BCUT2D eigenvalue weighted by Gasteiger charge is 2.29. The van der Waals surface area contributed by atoms with Gasteiger partial charge in [0.05, 0.1) is 22.3 Å². The first kappa shape index (κ1) is 67.1. The van der Waals surface area contributed by atoms with E-state index in [0.717, 1.165) is 77.9 Å². The smallest absolute Gasteiger partial charge is 0.256 e. The van der Waals surface area contributed by atoms with Gasteiger partial charge in [-0.3, -0.25) is 0 Å². The van der Waals surface area contributed by atoms with Crippen LogP contribution in [0.5, 0.6) is 0 Å². The van der Waals surface area contributed by atoms with E-state index in [1.54, 1.807) is 36.0 Å². The molecule has 12 aromatic carbocycles. The molecule has 0 bridgehead atoms. The summed E-state index contributed by atoms with van der Waals surface area (Å²) in [5.74, 6) is 0. The number of pyridine rings is 4. The summed E-state index contributed by atoms with van der Waals surface area (Å²) in [5.41, 5.74) is 24.1. The number of fused-ring (bicyclic) bond motifs is 20. The van der Waals surface area contributed by atoms with E-state index >= 15 is 0 Å². The lowest BCUT2D eigenvalue weighted by Crippen LogP contribution is -2.31. The maximum absolute atomic E-state index is 8.20. The monoisotopic (exact) mass is 1440 g/mol. The summed E-state index contributed by atoms with van der Waals surface area (Å²) in [7, 11) is 8.04. The zero-order valence-electron chi connectivity index (χ0n) is 66.7. The zero-order chi connectivity index (χ0) is 77.2. The molecule has 0 saturated heterocycles. The van der Waals surface area contributed by atoms with Gasteiger partial charge in [-0.25, -0.2) is 0 Å². The van der Waals surface area contributed by atoms with E-state index < -0.39 is 13.7 Å². The molecule has 542 valence electrons. The summed E-state index contributed by atoms with van der Waals surface area (Å²) in [4.78, 5) is 0. The number of furan rings is 4. The Morgan fingerprint density at radius 3 is 1.06 bits per heavy atom. The minimum atomic E-state index is -2.34. The third-order valence-corrected chi connectivity index (χ3v) is 21.1. The fourth-order valence-electron chi connectivity index (χ4n) is 16.2. The molecule has 8 heteroatoms. The van der Waals surface area contributed by atoms with Crippen LogP contribution in [0.15, 0.2) is 279 Å². The van der Waals surface area contributed by atoms with Crippen LogP contribution in [0.1, 0.15) is 88.0 Å². The molecule has 8 aromatic heterocycles. The standard InChI is InChI=1S/2C25H22NO.C24H20NO.C23H18NO.4CH4/c2*1-15-9-11-19(16(2)13-15)24-25-22(17(3)14-26(24)4)23-20-8-6-5-7-18(20)10-12-21(23)27-25;1-15-8-10-19-17(14-15)9-11-21-22(19)20-12-13-25(3)23(24(20)26-21)18-7-5-4-6-16(18)2;1-15-7-3-5-9-17(15)22-23-19(13-14-24(22)2)21-18-10-6-4-8-16(18)11-12-20(21)25-23;;;;/h2*5-14H,1-4H3;4-14H,1-3H3;3-14H,1-2H3;4*1H4/q4*+1;;;;/i1D3,3D3;;;;;;;. The number of hydrogen-bond donors (Lipinski definition) is 0. The summed E-state index contributed by atoms with van der Waals surface area (Å²) >= 11 is 0. The molecule has 0 saturated carbocycles. The van der Waals surface area contributed by atoms with Crippen LogP contribution in [0.4, 0.5) is 0 Å². The number of aryl methyl sites for hydroxylation is 13. The first-order valence-electron chi connectivity index (χ1n) is 38.7. The molecule has 8 heterocycles. The van der Waals surface area contributed by atoms with Crippen molar-refractivity contribution in [3.05, 3.63) is 311 Å². The molecule has 0 fully saturated rings. The highest BCUT2D eigenvalue weighted by molar-refractivity contribution is 6.24. The number of nitrogens with zero attached hydrogens (tertiary/aromatic N) is 4. The van der Waals surface area contributed by atoms with Crippen LogP contribution in [0.25, 0.3) is 176 Å². The molecule has 0 aliphatic heterocycles. The first-order valence-corrected chi connectivity index (χ1v) is 35.7. The second kappa shape index (κ2) is 29.7. The minimum Gasteiger partial charge on any atom is -0.449 e. The second-order valence-corrected chi connectivity index (χ2v) is 28.2. The van der Waals surface area contributed by atoms with Gasteiger partial charge in [0.15, 0.2) is 24.8 Å². The Kier molecular flexibility index (Phi) is 18.3. The Morgan fingerprint density at radius 1 is 0.248 bits per heavy atom. The van der Waals surface area contributed by atoms with Gasteiger partial charge in [0.2, 0.25) is 22.3 Å². The lowest BCUT2D eigenvalue weighted by molar-refractivity contribution is -0.659. The van der Waals surface area contributed by atoms with Crippen molar-refractivity contribution in [2.75, 3.05) is 0 Å². The number of aromatic nitrogens is 4. The normalized spacial score (nSPS) is 12.3. The zero-order valence-corrected chi connectivity index (χ0v) is 60.7. The summed E-state index contributed by atoms with van der Waals surface area (Å²) < 4.78 is 81.6. The van der Waals surface area contributed by atoms with E-state index in [2.05, 4.69) is 277 Å². The topological polar surface area (TPSA) is 68.1 Å². The van der Waals surface area contributed by atoms with Gasteiger partial charge in [-0.05, 0) is 176 Å². The molecule has 8 nitrogen and oxygen atoms in total. The van der Waals surface area contributed by atoms with E-state index in [4.69, 9.17) is 25.9 Å². The van der Waals surface area contributed by atoms with Gasteiger partial charge in [-0.1, -0.05) is 222 Å². The first-order chi connectivity index (χ1) is 53.4. The molecule has 0 aliphatic rings. The predicted octanol–water partition coefficient (Wildman–Crippen LogP) is 26.2. The second-order valence-electron chi connectivity index (χ2n) is 28.2. The SMILES string of the molecule is C.C.C.C.Cc1ccc(-c2c3oc4ccc5ccccc5c4c3c(C)c[n+]2C)c(C)c1.Cc1ccc2c(ccc3oc4c(-c5ccccc5C)[n+](C)ccc4c32)c1.Cc1ccccc1-c1c2oc3ccc4ccccc4c3c2cc[n+]1C.[2H]C([2H])([2H])c1ccc(-c2c3oc4ccc5ccccc5c4c3c(C([2H])([2H])[2H])c[n+]2C)c(C)c1. The molecule has 0 N–H and O–H groups in total. The largest absolute Gasteiger partial charge is 0.449 e. The summed E-state index contributed by atoms with van der Waals surface area (Å²) in [6.07, 6.45) is 8.11. The third-order valence-electron chi connectivity index (χ3n) is 21.1. The lowest BCUT2D eigenvalue weighted by atomic mass is 9.98. The Balaban J connectivity index is 0.000000133. The molecular formula is C101H98N4O4+4. The fourth-order valence-corrected chi connectivity index (χ4v) is 16.2. The van der Waals surface area contributed by atoms with Crippen molar-refractivity contribution < 1.29 is 44.2 Å². The lowest BCUT2D eigenvalue weighted by Gasteiger charge is -2.07. The van der Waals surface area contributed by atoms with Crippen molar-refractivity contribution in [3.8, 4) is 45.0 Å². The van der Waals surface area contributed by atoms with E-state index in [0.29, 0.717) is 22.2 Å². The Morgan fingerprint density at radius 2 is 0.596 bits per heavy atom. The molecular weight excluding hydrogens is 1330 g/mol. The van der Waals surface area contributed by atoms with Crippen molar-refractivity contribution in [3.63, 3.8) is 0 Å². The van der Waals surface area contributed by atoms with Gasteiger partial charge in [0.25, 0.3) is 22.8 Å². The molecule has 109 heavy (non-hydrogen) atoms. The molecule has 0 aliphatic carbocycles. The van der Waals surface area contributed by atoms with Gasteiger partial charge in [-0.15, -0.1) is 0 Å². The summed E-state index contributed by atoms with van der Waals surface area (Å²) in [6, 6.07) is 80.9. The van der Waals surface area contributed by atoms with Gasteiger partial charge in [0, 0.05) is 74.6 Å². The molecule has 0 unspecified atom stereocenters. The van der Waals surface area contributed by atoms with E-state index in [1.807, 2.05) is 43.3 Å².